The molecule has 0 bridgehead atoms. The van der Waals surface area contributed by atoms with Gasteiger partial charge < -0.3 is 5.32 Å². The molecule has 2 heteroatoms. The van der Waals surface area contributed by atoms with Gasteiger partial charge in [-0.1, -0.05) is 11.6 Å². The minimum atomic E-state index is 0.462. The predicted octanol–water partition coefficient (Wildman–Crippen LogP) is 3.43. The second-order valence-electron chi connectivity index (χ2n) is 3.90. The number of allylic oxidation sites excluding steroid dienone is 1. The molecule has 0 aromatic carbocycles. The van der Waals surface area contributed by atoms with E-state index in [1.807, 2.05) is 0 Å². The topological polar surface area (TPSA) is 12.0 Å². The fraction of sp³-hybridized carbons (Fsp3) is 0.500. The van der Waals surface area contributed by atoms with Crippen LogP contribution in [0.25, 0.3) is 0 Å². The monoisotopic (exact) mass is 207 g/mol. The molecule has 14 heavy (non-hydrogen) atoms. The van der Waals surface area contributed by atoms with E-state index in [0.29, 0.717) is 6.04 Å². The Morgan fingerprint density at radius 1 is 1.43 bits per heavy atom. The Balaban J connectivity index is 2.25. The number of hydrogen-bond acceptors (Lipinski definition) is 2. The van der Waals surface area contributed by atoms with E-state index >= 15 is 0 Å². The Hall–Kier alpha value is -0.600. The summed E-state index contributed by atoms with van der Waals surface area (Å²) in [5.41, 5.74) is 4.46. The number of hydrogen-bond donors (Lipinski definition) is 1. The highest BCUT2D eigenvalue weighted by Crippen LogP contribution is 2.33. The summed E-state index contributed by atoms with van der Waals surface area (Å²) in [6.45, 7) is 2.20. The lowest BCUT2D eigenvalue weighted by molar-refractivity contribution is 0.655. The molecule has 0 saturated carbocycles. The average Bonchev–Trinajstić information content (AvgIpc) is 2.80. The summed E-state index contributed by atoms with van der Waals surface area (Å²) < 4.78 is 0. The van der Waals surface area contributed by atoms with Gasteiger partial charge >= 0.3 is 0 Å². The molecule has 0 radical (unpaired) electrons. The van der Waals surface area contributed by atoms with Crippen LogP contribution in [0.5, 0.6) is 0 Å². The molecule has 1 aromatic rings. The van der Waals surface area contributed by atoms with E-state index in [-0.39, 0.29) is 0 Å². The zero-order valence-corrected chi connectivity index (χ0v) is 9.66. The number of nitrogens with one attached hydrogen (secondary N) is 1. The predicted molar refractivity (Wildman–Crippen MR) is 62.8 cm³/mol. The van der Waals surface area contributed by atoms with E-state index in [1.165, 1.54) is 30.4 Å². The minimum absolute atomic E-state index is 0.462. The van der Waals surface area contributed by atoms with E-state index in [2.05, 4.69) is 36.1 Å². The lowest BCUT2D eigenvalue weighted by Crippen LogP contribution is -2.18. The number of thiophene rings is 1. The van der Waals surface area contributed by atoms with Gasteiger partial charge in [0.05, 0.1) is 6.04 Å². The lowest BCUT2D eigenvalue weighted by atomic mass is 9.98. The van der Waals surface area contributed by atoms with Crippen LogP contribution < -0.4 is 5.32 Å². The second kappa shape index (κ2) is 4.28. The largest absolute Gasteiger partial charge is 0.310 e. The molecular weight excluding hydrogens is 190 g/mol. The van der Waals surface area contributed by atoms with Gasteiger partial charge in [0.2, 0.25) is 0 Å². The van der Waals surface area contributed by atoms with Crippen LogP contribution in [0.15, 0.2) is 22.4 Å². The van der Waals surface area contributed by atoms with Crippen LogP contribution in [-0.4, -0.2) is 7.05 Å². The van der Waals surface area contributed by atoms with Crippen molar-refractivity contribution in [3.63, 3.8) is 0 Å². The summed E-state index contributed by atoms with van der Waals surface area (Å²) in [6, 6.07) is 0.462. The molecule has 0 fully saturated rings. The Kier molecular flexibility index (Phi) is 3.04. The van der Waals surface area contributed by atoms with Crippen LogP contribution in [0.4, 0.5) is 0 Å². The van der Waals surface area contributed by atoms with E-state index in [0.717, 1.165) is 0 Å². The smallest absolute Gasteiger partial charge is 0.0544 e. The highest BCUT2D eigenvalue weighted by atomic mass is 32.1. The number of likely N-dealkylation sites (N-methyl/N-ethyl adjacent to an activating group) is 1. The SMILES string of the molecule is CNC(C1=CCCC1)c1cscc1C. The van der Waals surface area contributed by atoms with Gasteiger partial charge in [0.15, 0.2) is 0 Å². The highest BCUT2D eigenvalue weighted by molar-refractivity contribution is 7.08. The van der Waals surface area contributed by atoms with Gasteiger partial charge in [-0.25, -0.2) is 0 Å². The van der Waals surface area contributed by atoms with Gasteiger partial charge in [-0.2, -0.15) is 11.3 Å². The maximum absolute atomic E-state index is 3.43. The zero-order chi connectivity index (χ0) is 9.97. The molecule has 1 heterocycles. The average molecular weight is 207 g/mol. The fourth-order valence-corrected chi connectivity index (χ4v) is 3.04. The third-order valence-electron chi connectivity index (χ3n) is 2.94. The van der Waals surface area contributed by atoms with Crippen LogP contribution in [0.3, 0.4) is 0 Å². The normalized spacial score (nSPS) is 18.3. The molecule has 1 aliphatic carbocycles. The van der Waals surface area contributed by atoms with Crippen LogP contribution in [0.2, 0.25) is 0 Å². The molecule has 2 rings (SSSR count). The Morgan fingerprint density at radius 2 is 2.29 bits per heavy atom. The Labute approximate surface area is 89.8 Å². The molecule has 1 aliphatic rings. The molecule has 0 saturated heterocycles. The van der Waals surface area contributed by atoms with Crippen molar-refractivity contribution in [2.24, 2.45) is 0 Å². The summed E-state index contributed by atoms with van der Waals surface area (Å²) in [6.07, 6.45) is 6.26. The molecule has 1 atom stereocenters. The van der Waals surface area contributed by atoms with E-state index in [9.17, 15) is 0 Å². The maximum Gasteiger partial charge on any atom is 0.0544 e. The standard InChI is InChI=1S/C12H17NS/c1-9-7-14-8-11(9)12(13-2)10-5-3-4-6-10/h5,7-8,12-13H,3-4,6H2,1-2H3. The summed E-state index contributed by atoms with van der Waals surface area (Å²) in [5, 5.41) is 7.93. The summed E-state index contributed by atoms with van der Waals surface area (Å²) in [5.74, 6) is 0. The molecule has 0 aliphatic heterocycles. The van der Waals surface area contributed by atoms with E-state index < -0.39 is 0 Å². The number of aryl methyl sites for hydroxylation is 1. The van der Waals surface area contributed by atoms with Crippen molar-refractivity contribution >= 4 is 11.3 Å². The molecule has 0 amide bonds. The molecule has 1 N–H and O–H groups in total. The first-order valence-electron chi connectivity index (χ1n) is 5.22. The molecule has 1 aromatic heterocycles. The summed E-state index contributed by atoms with van der Waals surface area (Å²) >= 11 is 1.80. The molecule has 0 spiro atoms. The van der Waals surface area contributed by atoms with Gasteiger partial charge in [-0.3, -0.25) is 0 Å². The van der Waals surface area contributed by atoms with Gasteiger partial charge in [-0.15, -0.1) is 0 Å². The first-order chi connectivity index (χ1) is 6.83. The maximum atomic E-state index is 3.43. The van der Waals surface area contributed by atoms with Crippen molar-refractivity contribution < 1.29 is 0 Å². The minimum Gasteiger partial charge on any atom is -0.310 e. The van der Waals surface area contributed by atoms with Gasteiger partial charge in [0.25, 0.3) is 0 Å². The van der Waals surface area contributed by atoms with Gasteiger partial charge in [0.1, 0.15) is 0 Å². The first kappa shape index (κ1) is 9.94. The van der Waals surface area contributed by atoms with Crippen molar-refractivity contribution in [1.29, 1.82) is 0 Å². The van der Waals surface area contributed by atoms with Crippen LogP contribution in [0, 0.1) is 6.92 Å². The van der Waals surface area contributed by atoms with Crippen molar-refractivity contribution in [3.8, 4) is 0 Å². The molecule has 1 unspecified atom stereocenters. The molecule has 76 valence electrons. The van der Waals surface area contributed by atoms with Crippen LogP contribution in [0.1, 0.15) is 36.4 Å². The fourth-order valence-electron chi connectivity index (χ4n) is 2.16. The Morgan fingerprint density at radius 3 is 2.79 bits per heavy atom. The van der Waals surface area contributed by atoms with E-state index in [1.54, 1.807) is 16.9 Å². The van der Waals surface area contributed by atoms with Crippen molar-refractivity contribution in [3.05, 3.63) is 33.5 Å². The third-order valence-corrected chi connectivity index (χ3v) is 3.82. The van der Waals surface area contributed by atoms with Crippen LogP contribution in [-0.2, 0) is 0 Å². The quantitative estimate of drug-likeness (QED) is 0.749. The molecular formula is C12H17NS. The molecule has 1 nitrogen and oxygen atoms in total. The Bertz CT molecular complexity index is 338. The van der Waals surface area contributed by atoms with Crippen molar-refractivity contribution in [2.75, 3.05) is 7.05 Å². The third kappa shape index (κ3) is 1.77. The van der Waals surface area contributed by atoms with Crippen molar-refractivity contribution in [2.45, 2.75) is 32.2 Å². The first-order valence-corrected chi connectivity index (χ1v) is 6.16. The van der Waals surface area contributed by atoms with E-state index in [4.69, 9.17) is 0 Å². The highest BCUT2D eigenvalue weighted by Gasteiger charge is 2.18. The van der Waals surface area contributed by atoms with Crippen molar-refractivity contribution in [1.82, 2.24) is 5.32 Å². The summed E-state index contributed by atoms with van der Waals surface area (Å²) in [4.78, 5) is 0. The zero-order valence-electron chi connectivity index (χ0n) is 8.84. The second-order valence-corrected chi connectivity index (χ2v) is 4.65. The van der Waals surface area contributed by atoms with Gasteiger partial charge in [-0.05, 0) is 55.1 Å². The summed E-state index contributed by atoms with van der Waals surface area (Å²) in [7, 11) is 2.06. The lowest BCUT2D eigenvalue weighted by Gasteiger charge is -2.17. The van der Waals surface area contributed by atoms with Gasteiger partial charge in [0, 0.05) is 0 Å². The van der Waals surface area contributed by atoms with Crippen LogP contribution >= 0.6 is 11.3 Å². The number of rotatable bonds is 3.